The Labute approximate surface area is 115 Å². The minimum Gasteiger partial charge on any atom is -0.370 e. The monoisotopic (exact) mass is 264 g/mol. The second-order valence-electron chi connectivity index (χ2n) is 4.94. The van der Waals surface area contributed by atoms with E-state index < -0.39 is 0 Å². The van der Waals surface area contributed by atoms with Crippen LogP contribution in [0.4, 0.5) is 5.69 Å². The lowest BCUT2D eigenvalue weighted by molar-refractivity contribution is 0.423. The van der Waals surface area contributed by atoms with Crippen LogP contribution in [-0.4, -0.2) is 31.9 Å². The van der Waals surface area contributed by atoms with E-state index >= 15 is 0 Å². The molecule has 1 aromatic carbocycles. The van der Waals surface area contributed by atoms with E-state index in [1.54, 1.807) is 0 Å². The number of nitrogens with zero attached hydrogens (tertiary/aromatic N) is 1. The number of nitrogens with one attached hydrogen (secondary N) is 1. The molecule has 1 fully saturated rings. The van der Waals surface area contributed by atoms with E-state index in [4.69, 9.17) is 0 Å². The number of benzene rings is 1. The summed E-state index contributed by atoms with van der Waals surface area (Å²) in [6, 6.07) is 9.57. The van der Waals surface area contributed by atoms with Crippen LogP contribution in [0.5, 0.6) is 0 Å². The molecular formula is C15H24N2S. The highest BCUT2D eigenvalue weighted by atomic mass is 32.2. The lowest BCUT2D eigenvalue weighted by atomic mass is 10.0. The zero-order valence-electron chi connectivity index (χ0n) is 11.5. The van der Waals surface area contributed by atoms with Gasteiger partial charge in [-0.15, -0.1) is 11.8 Å². The second-order valence-corrected chi connectivity index (χ2v) is 5.82. The average molecular weight is 264 g/mol. The molecule has 1 heterocycles. The molecule has 0 spiro atoms. The van der Waals surface area contributed by atoms with E-state index in [1.165, 1.54) is 36.4 Å². The third kappa shape index (κ3) is 3.66. The van der Waals surface area contributed by atoms with Crippen molar-refractivity contribution >= 4 is 17.4 Å². The molecule has 2 rings (SSSR count). The van der Waals surface area contributed by atoms with Gasteiger partial charge in [0.25, 0.3) is 0 Å². The van der Waals surface area contributed by atoms with Gasteiger partial charge in [-0.1, -0.05) is 13.0 Å². The lowest BCUT2D eigenvalue weighted by Gasteiger charge is -2.35. The quantitative estimate of drug-likeness (QED) is 0.821. The highest BCUT2D eigenvalue weighted by Gasteiger charge is 2.19. The Bertz CT molecular complexity index is 367. The van der Waals surface area contributed by atoms with Crippen LogP contribution >= 0.6 is 11.8 Å². The van der Waals surface area contributed by atoms with Crippen LogP contribution < -0.4 is 10.2 Å². The van der Waals surface area contributed by atoms with Crippen molar-refractivity contribution in [3.05, 3.63) is 24.3 Å². The van der Waals surface area contributed by atoms with Gasteiger partial charge in [0.15, 0.2) is 0 Å². The minimum atomic E-state index is 0.664. The van der Waals surface area contributed by atoms with Gasteiger partial charge in [0.05, 0.1) is 0 Å². The fraction of sp³-hybridized carbons (Fsp3) is 0.600. The van der Waals surface area contributed by atoms with Gasteiger partial charge in [0, 0.05) is 29.7 Å². The molecular weight excluding hydrogens is 240 g/mol. The minimum absolute atomic E-state index is 0.664. The molecule has 1 unspecified atom stereocenters. The van der Waals surface area contributed by atoms with E-state index in [0.29, 0.717) is 6.04 Å². The number of thioether (sulfide) groups is 1. The zero-order valence-corrected chi connectivity index (χ0v) is 12.3. The van der Waals surface area contributed by atoms with Crippen molar-refractivity contribution in [2.75, 3.05) is 30.8 Å². The normalized spacial score (nSPS) is 20.1. The van der Waals surface area contributed by atoms with E-state index in [9.17, 15) is 0 Å². The van der Waals surface area contributed by atoms with Crippen molar-refractivity contribution in [3.63, 3.8) is 0 Å². The average Bonchev–Trinajstić information content (AvgIpc) is 2.45. The maximum atomic E-state index is 3.65. The molecule has 18 heavy (non-hydrogen) atoms. The Hall–Kier alpha value is -0.670. The summed E-state index contributed by atoms with van der Waals surface area (Å²) in [4.78, 5) is 3.88. The second kappa shape index (κ2) is 7.05. The molecule has 0 bridgehead atoms. The predicted molar refractivity (Wildman–Crippen MR) is 81.8 cm³/mol. The first-order valence-electron chi connectivity index (χ1n) is 6.96. The van der Waals surface area contributed by atoms with Crippen molar-refractivity contribution in [1.29, 1.82) is 0 Å². The summed E-state index contributed by atoms with van der Waals surface area (Å²) in [6.07, 6.45) is 5.98. The van der Waals surface area contributed by atoms with Crippen LogP contribution in [-0.2, 0) is 0 Å². The molecule has 1 aromatic rings. The van der Waals surface area contributed by atoms with E-state index in [0.717, 1.165) is 13.1 Å². The van der Waals surface area contributed by atoms with Crippen molar-refractivity contribution in [1.82, 2.24) is 5.32 Å². The van der Waals surface area contributed by atoms with E-state index in [1.807, 2.05) is 11.8 Å². The Morgan fingerprint density at radius 3 is 3.11 bits per heavy atom. The van der Waals surface area contributed by atoms with Crippen LogP contribution in [0.2, 0.25) is 0 Å². The fourth-order valence-corrected chi connectivity index (χ4v) is 2.99. The number of piperidine rings is 1. The summed E-state index contributed by atoms with van der Waals surface area (Å²) in [6.45, 7) is 5.72. The van der Waals surface area contributed by atoms with E-state index in [-0.39, 0.29) is 0 Å². The summed E-state index contributed by atoms with van der Waals surface area (Å²) in [5.74, 6) is 0. The lowest BCUT2D eigenvalue weighted by Crippen LogP contribution is -2.46. The maximum Gasteiger partial charge on any atom is 0.0377 e. The molecule has 2 nitrogen and oxygen atoms in total. The third-order valence-corrected chi connectivity index (χ3v) is 4.25. The van der Waals surface area contributed by atoms with Crippen molar-refractivity contribution in [3.8, 4) is 0 Å². The maximum absolute atomic E-state index is 3.65. The van der Waals surface area contributed by atoms with Crippen LogP contribution in [0.1, 0.15) is 26.2 Å². The van der Waals surface area contributed by atoms with Crippen LogP contribution in [0.3, 0.4) is 0 Å². The van der Waals surface area contributed by atoms with Gasteiger partial charge in [0.1, 0.15) is 0 Å². The highest BCUT2D eigenvalue weighted by Crippen LogP contribution is 2.24. The highest BCUT2D eigenvalue weighted by molar-refractivity contribution is 7.98. The van der Waals surface area contributed by atoms with Gasteiger partial charge in [-0.3, -0.25) is 0 Å². The zero-order chi connectivity index (χ0) is 12.8. The largest absolute Gasteiger partial charge is 0.370 e. The van der Waals surface area contributed by atoms with Crippen LogP contribution in [0.25, 0.3) is 0 Å². The summed E-state index contributed by atoms with van der Waals surface area (Å²) in [7, 11) is 0. The molecule has 0 saturated carbocycles. The molecule has 0 radical (unpaired) electrons. The SMILES string of the molecule is CCCNC1CCCN(c2cccc(SC)c2)C1. The molecule has 1 aliphatic heterocycles. The predicted octanol–water partition coefficient (Wildman–Crippen LogP) is 3.38. The summed E-state index contributed by atoms with van der Waals surface area (Å²) in [5.41, 5.74) is 1.38. The van der Waals surface area contributed by atoms with Crippen molar-refractivity contribution in [2.45, 2.75) is 37.1 Å². The number of hydrogen-bond donors (Lipinski definition) is 1. The van der Waals surface area contributed by atoms with Gasteiger partial charge in [0.2, 0.25) is 0 Å². The molecule has 100 valence electrons. The fourth-order valence-electron chi connectivity index (χ4n) is 2.53. The molecule has 0 aromatic heterocycles. The van der Waals surface area contributed by atoms with Gasteiger partial charge in [-0.2, -0.15) is 0 Å². The molecule has 0 aliphatic carbocycles. The first-order chi connectivity index (χ1) is 8.83. The van der Waals surface area contributed by atoms with Crippen LogP contribution in [0.15, 0.2) is 29.2 Å². The first-order valence-corrected chi connectivity index (χ1v) is 8.18. The van der Waals surface area contributed by atoms with Crippen molar-refractivity contribution < 1.29 is 0 Å². The third-order valence-electron chi connectivity index (χ3n) is 3.52. The Morgan fingerprint density at radius 2 is 2.33 bits per heavy atom. The summed E-state index contributed by atoms with van der Waals surface area (Å²) in [5, 5.41) is 3.65. The molecule has 1 saturated heterocycles. The van der Waals surface area contributed by atoms with Crippen LogP contribution in [0, 0.1) is 0 Å². The van der Waals surface area contributed by atoms with Gasteiger partial charge in [-0.05, 0) is 50.3 Å². The van der Waals surface area contributed by atoms with Crippen molar-refractivity contribution in [2.24, 2.45) is 0 Å². The van der Waals surface area contributed by atoms with Gasteiger partial charge in [-0.25, -0.2) is 0 Å². The Morgan fingerprint density at radius 1 is 1.44 bits per heavy atom. The Balaban J connectivity index is 1.98. The molecule has 0 amide bonds. The first kappa shape index (κ1) is 13.8. The molecule has 1 atom stereocenters. The topological polar surface area (TPSA) is 15.3 Å². The Kier molecular flexibility index (Phi) is 5.39. The molecule has 1 aliphatic rings. The molecule has 1 N–H and O–H groups in total. The molecule has 3 heteroatoms. The summed E-state index contributed by atoms with van der Waals surface area (Å²) < 4.78 is 0. The number of rotatable bonds is 5. The standard InChI is InChI=1S/C15H24N2S/c1-3-9-16-13-6-5-10-17(12-13)14-7-4-8-15(11-14)18-2/h4,7-8,11,13,16H,3,5-6,9-10,12H2,1-2H3. The number of hydrogen-bond acceptors (Lipinski definition) is 3. The van der Waals surface area contributed by atoms with E-state index in [2.05, 4.69) is 47.7 Å². The number of anilines is 1. The van der Waals surface area contributed by atoms with Gasteiger partial charge >= 0.3 is 0 Å². The van der Waals surface area contributed by atoms with Gasteiger partial charge < -0.3 is 10.2 Å². The summed E-state index contributed by atoms with van der Waals surface area (Å²) >= 11 is 1.82. The smallest absolute Gasteiger partial charge is 0.0377 e.